The number of amides is 1. The van der Waals surface area contributed by atoms with Gasteiger partial charge >= 0.3 is 0 Å². The van der Waals surface area contributed by atoms with Crippen LogP contribution in [0.1, 0.15) is 6.42 Å². The number of methoxy groups -OCH3 is 1. The van der Waals surface area contributed by atoms with E-state index in [1.807, 2.05) is 0 Å². The second-order valence-corrected chi connectivity index (χ2v) is 2.54. The van der Waals surface area contributed by atoms with Crippen LogP contribution in [0.4, 0.5) is 0 Å². The monoisotopic (exact) mass is 190 g/mol. The third-order valence-electron chi connectivity index (χ3n) is 1.35. The van der Waals surface area contributed by atoms with Crippen molar-refractivity contribution in [3.63, 3.8) is 0 Å². The number of ether oxygens (including phenoxy) is 2. The number of hydrogen-bond donors (Lipinski definition) is 2. The summed E-state index contributed by atoms with van der Waals surface area (Å²) >= 11 is 0. The van der Waals surface area contributed by atoms with Crippen molar-refractivity contribution in [3.8, 4) is 0 Å². The highest BCUT2D eigenvalue weighted by Crippen LogP contribution is 1.79. The highest BCUT2D eigenvalue weighted by molar-refractivity contribution is 5.77. The van der Waals surface area contributed by atoms with Crippen molar-refractivity contribution in [2.45, 2.75) is 6.42 Å². The molecule has 3 N–H and O–H groups in total. The number of nitrogens with one attached hydrogen (secondary N) is 1. The largest absolute Gasteiger partial charge is 0.383 e. The maximum Gasteiger partial charge on any atom is 0.246 e. The van der Waals surface area contributed by atoms with Gasteiger partial charge in [-0.05, 0) is 13.0 Å². The second kappa shape index (κ2) is 9.44. The molecule has 0 bridgehead atoms. The Morgan fingerprint density at radius 1 is 1.46 bits per heavy atom. The normalized spacial score (nSPS) is 10.0. The van der Waals surface area contributed by atoms with E-state index < -0.39 is 0 Å². The predicted octanol–water partition coefficient (Wildman–Crippen LogP) is -0.886. The van der Waals surface area contributed by atoms with Crippen molar-refractivity contribution in [2.24, 2.45) is 5.73 Å². The number of hydrogen-bond acceptors (Lipinski definition) is 4. The molecule has 0 spiro atoms. The Labute approximate surface area is 78.6 Å². The van der Waals surface area contributed by atoms with Gasteiger partial charge in [-0.1, -0.05) is 0 Å². The van der Waals surface area contributed by atoms with E-state index in [1.54, 1.807) is 7.11 Å². The fourth-order valence-electron chi connectivity index (χ4n) is 0.694. The van der Waals surface area contributed by atoms with Crippen molar-refractivity contribution in [2.75, 3.05) is 40.0 Å². The molecule has 1 amide bonds. The Balaban J connectivity index is 3.11. The van der Waals surface area contributed by atoms with Crippen LogP contribution < -0.4 is 11.1 Å². The number of nitrogens with two attached hydrogens (primary N) is 1. The van der Waals surface area contributed by atoms with E-state index in [4.69, 9.17) is 15.2 Å². The molecule has 0 heterocycles. The third kappa shape index (κ3) is 9.26. The lowest BCUT2D eigenvalue weighted by Crippen LogP contribution is -2.30. The SMILES string of the molecule is COCCNC(=O)COCCCN. The summed E-state index contributed by atoms with van der Waals surface area (Å²) in [7, 11) is 1.59. The molecule has 0 aliphatic carbocycles. The van der Waals surface area contributed by atoms with Gasteiger partial charge in [-0.15, -0.1) is 0 Å². The molecule has 5 nitrogen and oxygen atoms in total. The van der Waals surface area contributed by atoms with Crippen LogP contribution in [0.3, 0.4) is 0 Å². The summed E-state index contributed by atoms with van der Waals surface area (Å²) in [6.45, 7) is 2.27. The molecule has 0 radical (unpaired) electrons. The van der Waals surface area contributed by atoms with Gasteiger partial charge in [0.05, 0.1) is 6.61 Å². The molecule has 0 aromatic rings. The fourth-order valence-corrected chi connectivity index (χ4v) is 0.694. The zero-order chi connectivity index (χ0) is 9.94. The van der Waals surface area contributed by atoms with Gasteiger partial charge in [0.1, 0.15) is 6.61 Å². The Kier molecular flexibility index (Phi) is 8.97. The quantitative estimate of drug-likeness (QED) is 0.487. The molecule has 0 aromatic heterocycles. The Morgan fingerprint density at radius 2 is 2.23 bits per heavy atom. The summed E-state index contributed by atoms with van der Waals surface area (Å²) in [6.07, 6.45) is 0.783. The first-order valence-electron chi connectivity index (χ1n) is 4.34. The summed E-state index contributed by atoms with van der Waals surface area (Å²) in [5.74, 6) is -0.117. The van der Waals surface area contributed by atoms with Crippen LogP contribution in [0.25, 0.3) is 0 Å². The minimum atomic E-state index is -0.117. The standard InChI is InChI=1S/C8H18N2O3/c1-12-6-4-10-8(11)7-13-5-2-3-9/h2-7,9H2,1H3,(H,10,11). The zero-order valence-electron chi connectivity index (χ0n) is 8.04. The molecule has 78 valence electrons. The van der Waals surface area contributed by atoms with Gasteiger partial charge < -0.3 is 20.5 Å². The van der Waals surface area contributed by atoms with Gasteiger partial charge in [0, 0.05) is 20.3 Å². The van der Waals surface area contributed by atoms with E-state index in [0.717, 1.165) is 6.42 Å². The van der Waals surface area contributed by atoms with Gasteiger partial charge in [-0.25, -0.2) is 0 Å². The molecule has 13 heavy (non-hydrogen) atoms. The lowest BCUT2D eigenvalue weighted by Gasteiger charge is -2.04. The highest BCUT2D eigenvalue weighted by atomic mass is 16.5. The molecule has 5 heteroatoms. The molecule has 0 saturated carbocycles. The average molecular weight is 190 g/mol. The molecule has 0 aliphatic rings. The Hall–Kier alpha value is -0.650. The summed E-state index contributed by atoms with van der Waals surface area (Å²) in [5, 5.41) is 2.64. The summed E-state index contributed by atoms with van der Waals surface area (Å²) in [6, 6.07) is 0. The first-order valence-corrected chi connectivity index (χ1v) is 4.34. The van der Waals surface area contributed by atoms with E-state index >= 15 is 0 Å². The van der Waals surface area contributed by atoms with E-state index in [1.165, 1.54) is 0 Å². The first kappa shape index (κ1) is 12.3. The average Bonchev–Trinajstić information content (AvgIpc) is 2.13. The molecule has 0 aromatic carbocycles. The van der Waals surface area contributed by atoms with Crippen molar-refractivity contribution in [1.82, 2.24) is 5.32 Å². The molecule has 0 saturated heterocycles. The van der Waals surface area contributed by atoms with Gasteiger partial charge in [0.2, 0.25) is 5.91 Å². The summed E-state index contributed by atoms with van der Waals surface area (Å²) < 4.78 is 9.80. The van der Waals surface area contributed by atoms with Crippen LogP contribution in [0.15, 0.2) is 0 Å². The van der Waals surface area contributed by atoms with Crippen molar-refractivity contribution < 1.29 is 14.3 Å². The number of carbonyl (C=O) groups excluding carboxylic acids is 1. The molecule has 0 aliphatic heterocycles. The van der Waals surface area contributed by atoms with E-state index in [2.05, 4.69) is 5.32 Å². The summed E-state index contributed by atoms with van der Waals surface area (Å²) in [5.41, 5.74) is 5.25. The van der Waals surface area contributed by atoms with Crippen molar-refractivity contribution in [1.29, 1.82) is 0 Å². The Bertz CT molecular complexity index is 131. The van der Waals surface area contributed by atoms with Crippen LogP contribution in [0.2, 0.25) is 0 Å². The van der Waals surface area contributed by atoms with Crippen LogP contribution in [0, 0.1) is 0 Å². The van der Waals surface area contributed by atoms with E-state index in [0.29, 0.717) is 26.3 Å². The lowest BCUT2D eigenvalue weighted by molar-refractivity contribution is -0.125. The predicted molar refractivity (Wildman–Crippen MR) is 49.4 cm³/mol. The Morgan fingerprint density at radius 3 is 2.85 bits per heavy atom. The minimum absolute atomic E-state index is 0.101. The molecule has 0 atom stereocenters. The van der Waals surface area contributed by atoms with Crippen LogP contribution >= 0.6 is 0 Å². The molecular formula is C8H18N2O3. The fraction of sp³-hybridized carbons (Fsp3) is 0.875. The zero-order valence-corrected chi connectivity index (χ0v) is 8.04. The summed E-state index contributed by atoms with van der Waals surface area (Å²) in [4.78, 5) is 11.0. The second-order valence-electron chi connectivity index (χ2n) is 2.54. The van der Waals surface area contributed by atoms with E-state index in [9.17, 15) is 4.79 Å². The smallest absolute Gasteiger partial charge is 0.246 e. The molecule has 0 unspecified atom stereocenters. The molecular weight excluding hydrogens is 172 g/mol. The maximum absolute atomic E-state index is 11.0. The van der Waals surface area contributed by atoms with Crippen LogP contribution in [-0.4, -0.2) is 45.9 Å². The molecule has 0 fully saturated rings. The van der Waals surface area contributed by atoms with Crippen LogP contribution in [0.5, 0.6) is 0 Å². The highest BCUT2D eigenvalue weighted by Gasteiger charge is 1.98. The van der Waals surface area contributed by atoms with Crippen molar-refractivity contribution >= 4 is 5.91 Å². The lowest BCUT2D eigenvalue weighted by atomic mass is 10.5. The maximum atomic E-state index is 11.0. The third-order valence-corrected chi connectivity index (χ3v) is 1.35. The first-order chi connectivity index (χ1) is 6.31. The van der Waals surface area contributed by atoms with Gasteiger partial charge in [-0.2, -0.15) is 0 Å². The van der Waals surface area contributed by atoms with Gasteiger partial charge in [0.15, 0.2) is 0 Å². The van der Waals surface area contributed by atoms with Gasteiger partial charge in [-0.3, -0.25) is 4.79 Å². The topological polar surface area (TPSA) is 73.6 Å². The van der Waals surface area contributed by atoms with Crippen molar-refractivity contribution in [3.05, 3.63) is 0 Å². The number of carbonyl (C=O) groups is 1. The van der Waals surface area contributed by atoms with E-state index in [-0.39, 0.29) is 12.5 Å². The minimum Gasteiger partial charge on any atom is -0.383 e. The number of rotatable bonds is 8. The van der Waals surface area contributed by atoms with Crippen LogP contribution in [-0.2, 0) is 14.3 Å². The van der Waals surface area contributed by atoms with Gasteiger partial charge in [0.25, 0.3) is 0 Å². The molecule has 0 rings (SSSR count).